The number of ether oxygens (including phenoxy) is 1. The summed E-state index contributed by atoms with van der Waals surface area (Å²) in [5, 5.41) is 12.3. The van der Waals surface area contributed by atoms with E-state index in [2.05, 4.69) is 17.4 Å². The predicted molar refractivity (Wildman–Crippen MR) is 86.3 cm³/mol. The second-order valence-electron chi connectivity index (χ2n) is 5.15. The van der Waals surface area contributed by atoms with Crippen molar-refractivity contribution in [1.29, 1.82) is 0 Å². The highest BCUT2D eigenvalue weighted by Crippen LogP contribution is 2.20. The smallest absolute Gasteiger partial charge is 0.335 e. The molecule has 0 spiro atoms. The Bertz CT molecular complexity index is 653. The lowest BCUT2D eigenvalue weighted by Gasteiger charge is -2.12. The molecule has 0 aromatic heterocycles. The largest absolute Gasteiger partial charge is 0.494 e. The van der Waals surface area contributed by atoms with Crippen LogP contribution in [0.15, 0.2) is 42.5 Å². The molecule has 0 aliphatic heterocycles. The van der Waals surface area contributed by atoms with Crippen molar-refractivity contribution in [2.24, 2.45) is 0 Å². The molecule has 2 aromatic carbocycles. The minimum atomic E-state index is -0.904. The van der Waals surface area contributed by atoms with Crippen molar-refractivity contribution in [1.82, 2.24) is 5.32 Å². The van der Waals surface area contributed by atoms with Gasteiger partial charge in [-0.05, 0) is 43.2 Å². The first-order valence-electron chi connectivity index (χ1n) is 7.35. The third-order valence-corrected chi connectivity index (χ3v) is 3.34. The van der Waals surface area contributed by atoms with E-state index in [1.54, 1.807) is 18.2 Å². The van der Waals surface area contributed by atoms with Gasteiger partial charge < -0.3 is 15.2 Å². The predicted octanol–water partition coefficient (Wildman–Crippen LogP) is 3.38. The summed E-state index contributed by atoms with van der Waals surface area (Å²) >= 11 is 0. The Labute approximate surface area is 130 Å². The summed E-state index contributed by atoms with van der Waals surface area (Å²) in [4.78, 5) is 11.0. The fraction of sp³-hybridized carbons (Fsp3) is 0.278. The van der Waals surface area contributed by atoms with E-state index in [0.29, 0.717) is 25.3 Å². The maximum atomic E-state index is 11.0. The van der Waals surface area contributed by atoms with Gasteiger partial charge in [-0.1, -0.05) is 24.3 Å². The Balaban J connectivity index is 1.99. The van der Waals surface area contributed by atoms with Crippen LogP contribution in [0.2, 0.25) is 0 Å². The van der Waals surface area contributed by atoms with Gasteiger partial charge in [0.25, 0.3) is 0 Å². The summed E-state index contributed by atoms with van der Waals surface area (Å²) in [5.74, 6) is -0.00620. The first kappa shape index (κ1) is 16.0. The summed E-state index contributed by atoms with van der Waals surface area (Å²) in [6.45, 7) is 5.93. The Morgan fingerprint density at radius 1 is 1.18 bits per heavy atom. The van der Waals surface area contributed by atoms with Gasteiger partial charge in [0, 0.05) is 18.7 Å². The molecule has 2 rings (SSSR count). The Morgan fingerprint density at radius 3 is 2.73 bits per heavy atom. The number of carboxylic acids is 1. The molecule has 2 aromatic rings. The molecule has 0 unspecified atom stereocenters. The topological polar surface area (TPSA) is 58.6 Å². The number of rotatable bonds is 7. The Kier molecular flexibility index (Phi) is 5.55. The number of hydrogen-bond acceptors (Lipinski definition) is 3. The molecule has 0 saturated carbocycles. The number of carboxylic acid groups (broad SMARTS) is 1. The first-order chi connectivity index (χ1) is 10.6. The molecule has 4 heteroatoms. The number of hydrogen-bond donors (Lipinski definition) is 2. The lowest BCUT2D eigenvalue weighted by molar-refractivity contribution is 0.0696. The lowest BCUT2D eigenvalue weighted by Crippen LogP contribution is -2.14. The van der Waals surface area contributed by atoms with Crippen molar-refractivity contribution in [2.45, 2.75) is 26.9 Å². The maximum absolute atomic E-state index is 11.0. The van der Waals surface area contributed by atoms with Crippen LogP contribution in [0.4, 0.5) is 0 Å². The van der Waals surface area contributed by atoms with E-state index in [9.17, 15) is 4.79 Å². The fourth-order valence-electron chi connectivity index (χ4n) is 2.25. The number of aromatic carboxylic acids is 1. The molecule has 0 atom stereocenters. The van der Waals surface area contributed by atoms with E-state index >= 15 is 0 Å². The van der Waals surface area contributed by atoms with E-state index in [1.807, 2.05) is 26.0 Å². The van der Waals surface area contributed by atoms with Gasteiger partial charge >= 0.3 is 5.97 Å². The second-order valence-corrected chi connectivity index (χ2v) is 5.15. The molecule has 0 amide bonds. The Hall–Kier alpha value is -2.33. The van der Waals surface area contributed by atoms with E-state index < -0.39 is 5.97 Å². The van der Waals surface area contributed by atoms with E-state index in [-0.39, 0.29) is 0 Å². The monoisotopic (exact) mass is 299 g/mol. The quantitative estimate of drug-likeness (QED) is 0.823. The van der Waals surface area contributed by atoms with Crippen molar-refractivity contribution in [3.63, 3.8) is 0 Å². The normalized spacial score (nSPS) is 10.5. The van der Waals surface area contributed by atoms with Crippen molar-refractivity contribution in [3.8, 4) is 5.75 Å². The minimum absolute atomic E-state index is 0.310. The minimum Gasteiger partial charge on any atom is -0.494 e. The van der Waals surface area contributed by atoms with E-state index in [4.69, 9.17) is 9.84 Å². The fourth-order valence-corrected chi connectivity index (χ4v) is 2.25. The van der Waals surface area contributed by atoms with Crippen LogP contribution in [0.1, 0.15) is 34.0 Å². The zero-order valence-corrected chi connectivity index (χ0v) is 12.9. The van der Waals surface area contributed by atoms with Crippen LogP contribution in [-0.2, 0) is 13.1 Å². The summed E-state index contributed by atoms with van der Waals surface area (Å²) < 4.78 is 5.65. The molecule has 0 aliphatic rings. The zero-order valence-electron chi connectivity index (χ0n) is 12.9. The van der Waals surface area contributed by atoms with Crippen LogP contribution in [0.3, 0.4) is 0 Å². The van der Waals surface area contributed by atoms with Crippen LogP contribution >= 0.6 is 0 Å². The van der Waals surface area contributed by atoms with E-state index in [0.717, 1.165) is 16.9 Å². The van der Waals surface area contributed by atoms with Crippen LogP contribution in [0, 0.1) is 6.92 Å². The molecule has 4 nitrogen and oxygen atoms in total. The van der Waals surface area contributed by atoms with E-state index in [1.165, 1.54) is 5.56 Å². The third-order valence-electron chi connectivity index (χ3n) is 3.34. The van der Waals surface area contributed by atoms with Crippen LogP contribution in [0.25, 0.3) is 0 Å². The van der Waals surface area contributed by atoms with Crippen molar-refractivity contribution >= 4 is 5.97 Å². The molecule has 116 valence electrons. The maximum Gasteiger partial charge on any atom is 0.335 e. The van der Waals surface area contributed by atoms with Gasteiger partial charge in [-0.2, -0.15) is 0 Å². The first-order valence-corrected chi connectivity index (χ1v) is 7.35. The molecule has 0 heterocycles. The number of carbonyl (C=O) groups is 1. The standard InChI is InChI=1S/C18H21NO3/c1-3-22-17-9-13(2)7-8-16(17)12-19-11-14-5-4-6-15(10-14)18(20)21/h4-10,19H,3,11-12H2,1-2H3,(H,20,21). The highest BCUT2D eigenvalue weighted by atomic mass is 16.5. The van der Waals surface area contributed by atoms with Gasteiger partial charge in [0.05, 0.1) is 12.2 Å². The number of aryl methyl sites for hydroxylation is 1. The average Bonchev–Trinajstić information content (AvgIpc) is 2.50. The van der Waals surface area contributed by atoms with Gasteiger partial charge in [-0.25, -0.2) is 4.79 Å². The highest BCUT2D eigenvalue weighted by molar-refractivity contribution is 5.87. The zero-order chi connectivity index (χ0) is 15.9. The molecular weight excluding hydrogens is 278 g/mol. The Morgan fingerprint density at radius 2 is 2.00 bits per heavy atom. The molecule has 0 bridgehead atoms. The molecule has 0 radical (unpaired) electrons. The van der Waals surface area contributed by atoms with Gasteiger partial charge in [0.2, 0.25) is 0 Å². The second kappa shape index (κ2) is 7.61. The lowest BCUT2D eigenvalue weighted by atomic mass is 10.1. The van der Waals surface area contributed by atoms with Gasteiger partial charge in [-0.3, -0.25) is 0 Å². The van der Waals surface area contributed by atoms with Crippen LogP contribution in [0.5, 0.6) is 5.75 Å². The third kappa shape index (κ3) is 4.33. The van der Waals surface area contributed by atoms with Gasteiger partial charge in [0.1, 0.15) is 5.75 Å². The van der Waals surface area contributed by atoms with Crippen molar-refractivity contribution < 1.29 is 14.6 Å². The number of nitrogens with one attached hydrogen (secondary N) is 1. The van der Waals surface area contributed by atoms with Crippen molar-refractivity contribution in [3.05, 3.63) is 64.7 Å². The molecule has 0 aliphatic carbocycles. The average molecular weight is 299 g/mol. The summed E-state index contributed by atoms with van der Waals surface area (Å²) in [7, 11) is 0. The van der Waals surface area contributed by atoms with Crippen LogP contribution < -0.4 is 10.1 Å². The summed E-state index contributed by atoms with van der Waals surface area (Å²) in [6, 6.07) is 13.1. The molecule has 0 fully saturated rings. The molecule has 0 saturated heterocycles. The number of benzene rings is 2. The highest BCUT2D eigenvalue weighted by Gasteiger charge is 2.05. The van der Waals surface area contributed by atoms with Crippen LogP contribution in [-0.4, -0.2) is 17.7 Å². The molecular formula is C18H21NO3. The van der Waals surface area contributed by atoms with Gasteiger partial charge in [0.15, 0.2) is 0 Å². The SMILES string of the molecule is CCOc1cc(C)ccc1CNCc1cccc(C(=O)O)c1. The summed E-state index contributed by atoms with van der Waals surface area (Å²) in [5.41, 5.74) is 3.53. The van der Waals surface area contributed by atoms with Gasteiger partial charge in [-0.15, -0.1) is 0 Å². The summed E-state index contributed by atoms with van der Waals surface area (Å²) in [6.07, 6.45) is 0. The van der Waals surface area contributed by atoms with Crippen molar-refractivity contribution in [2.75, 3.05) is 6.61 Å². The molecule has 2 N–H and O–H groups in total. The molecule has 22 heavy (non-hydrogen) atoms.